The Morgan fingerprint density at radius 1 is 1.07 bits per heavy atom. The molecule has 7 heteroatoms. The number of aryl methyl sites for hydroxylation is 1. The summed E-state index contributed by atoms with van der Waals surface area (Å²) in [6, 6.07) is 15.7. The highest BCUT2D eigenvalue weighted by Gasteiger charge is 2.09. The van der Waals surface area contributed by atoms with Crippen LogP contribution >= 0.6 is 11.6 Å². The minimum Gasteiger partial charge on any atom is -0.352 e. The van der Waals surface area contributed by atoms with E-state index in [9.17, 15) is 14.0 Å². The average Bonchev–Trinajstić information content (AvgIpc) is 2.67. The smallest absolute Gasteiger partial charge is 0.266 e. The van der Waals surface area contributed by atoms with Crippen molar-refractivity contribution in [1.82, 2.24) is 15.1 Å². The van der Waals surface area contributed by atoms with Gasteiger partial charge in [0.15, 0.2) is 0 Å². The zero-order chi connectivity index (χ0) is 19.2. The van der Waals surface area contributed by atoms with E-state index in [1.807, 2.05) is 0 Å². The van der Waals surface area contributed by atoms with Crippen molar-refractivity contribution < 1.29 is 9.18 Å². The highest BCUT2D eigenvalue weighted by Crippen LogP contribution is 2.16. The lowest BCUT2D eigenvalue weighted by atomic mass is 10.1. The van der Waals surface area contributed by atoms with Crippen molar-refractivity contribution in [2.24, 2.45) is 0 Å². The van der Waals surface area contributed by atoms with Crippen LogP contribution in [-0.2, 0) is 6.54 Å². The number of aromatic nitrogens is 2. The van der Waals surface area contributed by atoms with Crippen LogP contribution in [0.1, 0.15) is 16.8 Å². The molecule has 0 aliphatic carbocycles. The Morgan fingerprint density at radius 2 is 1.81 bits per heavy atom. The van der Waals surface area contributed by atoms with Crippen LogP contribution in [0.5, 0.6) is 0 Å². The van der Waals surface area contributed by atoms with E-state index in [0.29, 0.717) is 35.8 Å². The first-order chi connectivity index (χ1) is 13.0. The number of hydrogen-bond acceptors (Lipinski definition) is 3. The van der Waals surface area contributed by atoms with Crippen molar-refractivity contribution in [3.63, 3.8) is 0 Å². The van der Waals surface area contributed by atoms with Crippen LogP contribution < -0.4 is 10.9 Å². The second-order valence-corrected chi connectivity index (χ2v) is 6.28. The first-order valence-corrected chi connectivity index (χ1v) is 8.79. The molecule has 1 aromatic heterocycles. The summed E-state index contributed by atoms with van der Waals surface area (Å²) in [6.07, 6.45) is 0.524. The maximum atomic E-state index is 13.0. The number of hydrogen-bond donors (Lipinski definition) is 1. The van der Waals surface area contributed by atoms with Crippen LogP contribution in [0.2, 0.25) is 5.02 Å². The van der Waals surface area contributed by atoms with Gasteiger partial charge in [0.05, 0.1) is 16.3 Å². The highest BCUT2D eigenvalue weighted by atomic mass is 35.5. The van der Waals surface area contributed by atoms with Crippen LogP contribution in [0.3, 0.4) is 0 Å². The molecule has 0 bridgehead atoms. The summed E-state index contributed by atoms with van der Waals surface area (Å²) in [5.74, 6) is -0.595. The molecule has 3 rings (SSSR count). The summed E-state index contributed by atoms with van der Waals surface area (Å²) in [4.78, 5) is 24.1. The van der Waals surface area contributed by atoms with E-state index in [1.54, 1.807) is 42.5 Å². The van der Waals surface area contributed by atoms with Crippen LogP contribution in [-0.4, -0.2) is 22.2 Å². The zero-order valence-corrected chi connectivity index (χ0v) is 15.1. The van der Waals surface area contributed by atoms with Gasteiger partial charge >= 0.3 is 0 Å². The van der Waals surface area contributed by atoms with E-state index in [0.717, 1.165) is 5.56 Å². The summed E-state index contributed by atoms with van der Waals surface area (Å²) >= 11 is 5.99. The van der Waals surface area contributed by atoms with Gasteiger partial charge < -0.3 is 5.32 Å². The van der Waals surface area contributed by atoms with Crippen molar-refractivity contribution in [3.05, 3.63) is 87.4 Å². The number of halogens is 2. The minimum absolute atomic E-state index is 0.238. The number of rotatable bonds is 6. The van der Waals surface area contributed by atoms with E-state index >= 15 is 0 Å². The van der Waals surface area contributed by atoms with Gasteiger partial charge in [0.25, 0.3) is 11.5 Å². The van der Waals surface area contributed by atoms with Crippen LogP contribution in [0, 0.1) is 5.82 Å². The molecule has 2 aromatic carbocycles. The van der Waals surface area contributed by atoms with Gasteiger partial charge in [-0.2, -0.15) is 5.10 Å². The molecule has 0 saturated heterocycles. The van der Waals surface area contributed by atoms with Gasteiger partial charge in [0, 0.05) is 24.7 Å². The minimum atomic E-state index is -0.332. The molecule has 1 amide bonds. The molecule has 0 saturated carbocycles. The van der Waals surface area contributed by atoms with Crippen molar-refractivity contribution >= 4 is 17.5 Å². The maximum Gasteiger partial charge on any atom is 0.266 e. The standard InChI is InChI=1S/C20H17ClFN3O2/c21-17-5-2-1-4-16(17)20(27)23-12-3-13-25-19(26)11-10-18(24-25)14-6-8-15(22)9-7-14/h1-2,4-11H,3,12-13H2,(H,23,27). The molecule has 0 aliphatic heterocycles. The molecule has 0 radical (unpaired) electrons. The lowest BCUT2D eigenvalue weighted by Gasteiger charge is -2.09. The molecular formula is C20H17ClFN3O2. The third-order valence-corrected chi connectivity index (χ3v) is 4.29. The van der Waals surface area contributed by atoms with Gasteiger partial charge in [-0.15, -0.1) is 0 Å². The molecule has 0 aliphatic rings. The van der Waals surface area contributed by atoms with E-state index in [4.69, 9.17) is 11.6 Å². The zero-order valence-electron chi connectivity index (χ0n) is 14.4. The number of carbonyl (C=O) groups is 1. The lowest BCUT2D eigenvalue weighted by molar-refractivity contribution is 0.0952. The topological polar surface area (TPSA) is 64.0 Å². The van der Waals surface area contributed by atoms with Crippen LogP contribution in [0.15, 0.2) is 65.5 Å². The summed E-state index contributed by atoms with van der Waals surface area (Å²) < 4.78 is 14.4. The molecule has 3 aromatic rings. The number of nitrogens with one attached hydrogen (secondary N) is 1. The number of benzene rings is 2. The van der Waals surface area contributed by atoms with Gasteiger partial charge in [-0.3, -0.25) is 9.59 Å². The molecule has 1 N–H and O–H groups in total. The normalized spacial score (nSPS) is 10.6. The Labute approximate surface area is 160 Å². The fourth-order valence-electron chi connectivity index (χ4n) is 2.56. The third kappa shape index (κ3) is 4.80. The molecule has 27 heavy (non-hydrogen) atoms. The van der Waals surface area contributed by atoms with Crippen LogP contribution in [0.25, 0.3) is 11.3 Å². The lowest BCUT2D eigenvalue weighted by Crippen LogP contribution is -2.28. The summed E-state index contributed by atoms with van der Waals surface area (Å²) in [5.41, 5.74) is 1.47. The van der Waals surface area contributed by atoms with E-state index < -0.39 is 0 Å². The Morgan fingerprint density at radius 3 is 2.56 bits per heavy atom. The van der Waals surface area contributed by atoms with Gasteiger partial charge in [-0.25, -0.2) is 9.07 Å². The van der Waals surface area contributed by atoms with Gasteiger partial charge in [0.1, 0.15) is 5.82 Å². The Balaban J connectivity index is 1.60. The number of nitrogens with zero attached hydrogens (tertiary/aromatic N) is 2. The van der Waals surface area contributed by atoms with Crippen molar-refractivity contribution in [2.45, 2.75) is 13.0 Å². The molecular weight excluding hydrogens is 369 g/mol. The maximum absolute atomic E-state index is 13.0. The first kappa shape index (κ1) is 18.8. The largest absolute Gasteiger partial charge is 0.352 e. The summed E-state index contributed by atoms with van der Waals surface area (Å²) in [5, 5.41) is 7.47. The monoisotopic (exact) mass is 385 g/mol. The predicted molar refractivity (Wildman–Crippen MR) is 102 cm³/mol. The quantitative estimate of drug-likeness (QED) is 0.660. The highest BCUT2D eigenvalue weighted by molar-refractivity contribution is 6.33. The van der Waals surface area contributed by atoms with E-state index in [2.05, 4.69) is 10.4 Å². The van der Waals surface area contributed by atoms with Crippen molar-refractivity contribution in [3.8, 4) is 11.3 Å². The van der Waals surface area contributed by atoms with E-state index in [-0.39, 0.29) is 17.3 Å². The molecule has 0 fully saturated rings. The second-order valence-electron chi connectivity index (χ2n) is 5.88. The van der Waals surface area contributed by atoms with Crippen LogP contribution in [0.4, 0.5) is 4.39 Å². The number of carbonyl (C=O) groups excluding carboxylic acids is 1. The van der Waals surface area contributed by atoms with E-state index in [1.165, 1.54) is 22.9 Å². The molecule has 138 valence electrons. The average molecular weight is 386 g/mol. The third-order valence-electron chi connectivity index (χ3n) is 3.96. The Kier molecular flexibility index (Phi) is 5.98. The molecule has 5 nitrogen and oxygen atoms in total. The van der Waals surface area contributed by atoms with Gasteiger partial charge in [-0.1, -0.05) is 23.7 Å². The number of amides is 1. The van der Waals surface area contributed by atoms with Gasteiger partial charge in [-0.05, 0) is 48.9 Å². The predicted octanol–water partition coefficient (Wildman–Crippen LogP) is 3.52. The fourth-order valence-corrected chi connectivity index (χ4v) is 2.78. The van der Waals surface area contributed by atoms with Gasteiger partial charge in [0.2, 0.25) is 0 Å². The van der Waals surface area contributed by atoms with Crippen molar-refractivity contribution in [1.29, 1.82) is 0 Å². The molecule has 1 heterocycles. The Bertz CT molecular complexity index is 1000. The second kappa shape index (κ2) is 8.60. The fraction of sp³-hybridized carbons (Fsp3) is 0.150. The summed E-state index contributed by atoms with van der Waals surface area (Å²) in [6.45, 7) is 0.718. The SMILES string of the molecule is O=C(NCCCn1nc(-c2ccc(F)cc2)ccc1=O)c1ccccc1Cl. The molecule has 0 spiro atoms. The summed E-state index contributed by atoms with van der Waals surface area (Å²) in [7, 11) is 0. The Hall–Kier alpha value is -2.99. The molecule has 0 unspecified atom stereocenters. The van der Waals surface area contributed by atoms with Crippen molar-refractivity contribution in [2.75, 3.05) is 6.54 Å². The first-order valence-electron chi connectivity index (χ1n) is 8.41. The molecule has 0 atom stereocenters.